The van der Waals surface area contributed by atoms with Crippen LogP contribution in [0.5, 0.6) is 0 Å². The maximum absolute atomic E-state index is 12.5. The van der Waals surface area contributed by atoms with Gasteiger partial charge in [-0.2, -0.15) is 13.2 Å². The molecule has 0 atom stereocenters. The van der Waals surface area contributed by atoms with E-state index in [0.29, 0.717) is 6.54 Å². The largest absolute Gasteiger partial charge is 0.433 e. The van der Waals surface area contributed by atoms with Gasteiger partial charge in [0.15, 0.2) is 5.69 Å². The van der Waals surface area contributed by atoms with Crippen LogP contribution in [0.3, 0.4) is 0 Å². The van der Waals surface area contributed by atoms with Gasteiger partial charge in [0.25, 0.3) is 0 Å². The van der Waals surface area contributed by atoms with E-state index in [-0.39, 0.29) is 5.82 Å². The Kier molecular flexibility index (Phi) is 4.56. The van der Waals surface area contributed by atoms with Crippen molar-refractivity contribution in [3.8, 4) is 0 Å². The van der Waals surface area contributed by atoms with Gasteiger partial charge in [0.1, 0.15) is 5.82 Å². The minimum atomic E-state index is -4.51. The third-order valence-electron chi connectivity index (χ3n) is 2.21. The summed E-state index contributed by atoms with van der Waals surface area (Å²) in [5.41, 5.74) is -1.02. The third kappa shape index (κ3) is 4.03. The van der Waals surface area contributed by atoms with Crippen molar-refractivity contribution in [1.29, 1.82) is 0 Å². The van der Waals surface area contributed by atoms with E-state index in [4.69, 9.17) is 11.6 Å². The molecule has 0 amide bonds. The molecular formula is C10H13ClF3N3. The molecule has 96 valence electrons. The lowest BCUT2D eigenvalue weighted by Gasteiger charge is -2.18. The monoisotopic (exact) mass is 267 g/mol. The fourth-order valence-corrected chi connectivity index (χ4v) is 1.43. The Balaban J connectivity index is 2.97. The molecule has 0 N–H and O–H groups in total. The molecule has 3 nitrogen and oxygen atoms in total. The Labute approximate surface area is 103 Å². The van der Waals surface area contributed by atoms with Gasteiger partial charge in [-0.3, -0.25) is 0 Å². The number of anilines is 1. The summed E-state index contributed by atoms with van der Waals surface area (Å²) in [6.45, 7) is 2.63. The van der Waals surface area contributed by atoms with Crippen molar-refractivity contribution in [2.24, 2.45) is 0 Å². The summed E-state index contributed by atoms with van der Waals surface area (Å²) in [6.07, 6.45) is -2.68. The van der Waals surface area contributed by atoms with E-state index in [1.807, 2.05) is 6.92 Å². The van der Waals surface area contributed by atoms with E-state index >= 15 is 0 Å². The normalized spacial score (nSPS) is 11.6. The van der Waals surface area contributed by atoms with Crippen LogP contribution in [0.4, 0.5) is 19.0 Å². The van der Waals surface area contributed by atoms with Crippen LogP contribution in [0.2, 0.25) is 5.28 Å². The summed E-state index contributed by atoms with van der Waals surface area (Å²) < 4.78 is 37.5. The number of halogens is 4. The molecule has 1 heterocycles. The fraction of sp³-hybridized carbons (Fsp3) is 0.600. The molecule has 0 aliphatic carbocycles. The molecule has 0 fully saturated rings. The lowest BCUT2D eigenvalue weighted by atomic mass is 10.3. The van der Waals surface area contributed by atoms with E-state index in [1.54, 1.807) is 11.9 Å². The highest BCUT2D eigenvalue weighted by atomic mass is 35.5. The molecule has 0 radical (unpaired) electrons. The van der Waals surface area contributed by atoms with Crippen molar-refractivity contribution in [3.63, 3.8) is 0 Å². The van der Waals surface area contributed by atoms with Crippen molar-refractivity contribution >= 4 is 17.4 Å². The van der Waals surface area contributed by atoms with Gasteiger partial charge in [-0.1, -0.05) is 13.3 Å². The molecule has 0 saturated heterocycles. The Morgan fingerprint density at radius 3 is 2.53 bits per heavy atom. The van der Waals surface area contributed by atoms with E-state index in [1.165, 1.54) is 0 Å². The summed E-state index contributed by atoms with van der Waals surface area (Å²) in [4.78, 5) is 8.58. The molecule has 1 rings (SSSR count). The van der Waals surface area contributed by atoms with Crippen molar-refractivity contribution in [2.45, 2.75) is 25.9 Å². The smallest absolute Gasteiger partial charge is 0.360 e. The van der Waals surface area contributed by atoms with Crippen molar-refractivity contribution in [3.05, 3.63) is 17.0 Å². The van der Waals surface area contributed by atoms with Crippen LogP contribution in [0.25, 0.3) is 0 Å². The van der Waals surface area contributed by atoms with Crippen LogP contribution in [0.1, 0.15) is 25.5 Å². The maximum atomic E-state index is 12.5. The third-order valence-corrected chi connectivity index (χ3v) is 2.38. The van der Waals surface area contributed by atoms with Gasteiger partial charge >= 0.3 is 6.18 Å². The molecule has 0 aromatic carbocycles. The van der Waals surface area contributed by atoms with Gasteiger partial charge < -0.3 is 4.90 Å². The topological polar surface area (TPSA) is 29.0 Å². The first-order valence-corrected chi connectivity index (χ1v) is 5.55. The van der Waals surface area contributed by atoms with Crippen molar-refractivity contribution in [1.82, 2.24) is 9.97 Å². The molecule has 1 aromatic heterocycles. The molecule has 7 heteroatoms. The first-order valence-electron chi connectivity index (χ1n) is 5.17. The van der Waals surface area contributed by atoms with Gasteiger partial charge in [0, 0.05) is 19.7 Å². The molecule has 0 saturated carbocycles. The highest BCUT2D eigenvalue weighted by Gasteiger charge is 2.33. The summed E-state index contributed by atoms with van der Waals surface area (Å²) in [5.74, 6) is 0.186. The van der Waals surface area contributed by atoms with Crippen LogP contribution in [0.15, 0.2) is 6.07 Å². The Morgan fingerprint density at radius 2 is 2.00 bits per heavy atom. The average Bonchev–Trinajstić information content (AvgIpc) is 2.23. The molecule has 1 aromatic rings. The summed E-state index contributed by atoms with van der Waals surface area (Å²) >= 11 is 5.49. The van der Waals surface area contributed by atoms with Crippen LogP contribution in [0, 0.1) is 0 Å². The van der Waals surface area contributed by atoms with Gasteiger partial charge in [-0.15, -0.1) is 0 Å². The average molecular weight is 268 g/mol. The summed E-state index contributed by atoms with van der Waals surface area (Å²) in [7, 11) is 1.68. The second-order valence-electron chi connectivity index (χ2n) is 3.65. The lowest BCUT2D eigenvalue weighted by molar-refractivity contribution is -0.141. The summed E-state index contributed by atoms with van der Waals surface area (Å²) in [5, 5.41) is -0.391. The number of nitrogens with zero attached hydrogens (tertiary/aromatic N) is 3. The number of aromatic nitrogens is 2. The van der Waals surface area contributed by atoms with Gasteiger partial charge in [0.05, 0.1) is 0 Å². The van der Waals surface area contributed by atoms with Gasteiger partial charge in [-0.05, 0) is 18.0 Å². The minimum Gasteiger partial charge on any atom is -0.360 e. The van der Waals surface area contributed by atoms with Gasteiger partial charge in [-0.25, -0.2) is 9.97 Å². The molecular weight excluding hydrogens is 255 g/mol. The van der Waals surface area contributed by atoms with Crippen LogP contribution >= 0.6 is 11.6 Å². The molecule has 0 unspecified atom stereocenters. The first-order chi connectivity index (χ1) is 7.84. The highest BCUT2D eigenvalue weighted by molar-refractivity contribution is 6.28. The number of unbranched alkanes of at least 4 members (excludes halogenated alkanes) is 1. The van der Waals surface area contributed by atoms with E-state index in [0.717, 1.165) is 18.9 Å². The zero-order chi connectivity index (χ0) is 13.1. The zero-order valence-corrected chi connectivity index (χ0v) is 10.3. The number of hydrogen-bond donors (Lipinski definition) is 0. The Bertz CT molecular complexity index is 382. The predicted molar refractivity (Wildman–Crippen MR) is 60.2 cm³/mol. The Morgan fingerprint density at radius 1 is 1.35 bits per heavy atom. The standard InChI is InChI=1S/C10H13ClF3N3/c1-3-4-5-17(2)8-6-7(10(12,13)14)15-9(11)16-8/h6H,3-5H2,1-2H3. The SMILES string of the molecule is CCCCN(C)c1cc(C(F)(F)F)nc(Cl)n1. The Hall–Kier alpha value is -1.04. The molecule has 0 spiro atoms. The highest BCUT2D eigenvalue weighted by Crippen LogP contribution is 2.30. The van der Waals surface area contributed by atoms with Gasteiger partial charge in [0.2, 0.25) is 5.28 Å². The summed E-state index contributed by atoms with van der Waals surface area (Å²) in [6, 6.07) is 0.904. The lowest BCUT2D eigenvalue weighted by Crippen LogP contribution is -2.21. The van der Waals surface area contributed by atoms with Crippen molar-refractivity contribution in [2.75, 3.05) is 18.5 Å². The number of alkyl halides is 3. The molecule has 0 aliphatic heterocycles. The first kappa shape index (κ1) is 14.0. The van der Waals surface area contributed by atoms with E-state index in [9.17, 15) is 13.2 Å². The minimum absolute atomic E-state index is 0.186. The van der Waals surface area contributed by atoms with E-state index in [2.05, 4.69) is 9.97 Å². The molecule has 0 aliphatic rings. The second-order valence-corrected chi connectivity index (χ2v) is 3.99. The number of hydrogen-bond acceptors (Lipinski definition) is 3. The van der Waals surface area contributed by atoms with Crippen LogP contribution < -0.4 is 4.90 Å². The predicted octanol–water partition coefficient (Wildman–Crippen LogP) is 3.39. The molecule has 0 bridgehead atoms. The van der Waals surface area contributed by atoms with E-state index < -0.39 is 17.2 Å². The quantitative estimate of drug-likeness (QED) is 0.783. The van der Waals surface area contributed by atoms with Crippen LogP contribution in [-0.4, -0.2) is 23.6 Å². The van der Waals surface area contributed by atoms with Crippen molar-refractivity contribution < 1.29 is 13.2 Å². The number of rotatable bonds is 4. The fourth-order valence-electron chi connectivity index (χ4n) is 1.26. The zero-order valence-electron chi connectivity index (χ0n) is 9.55. The second kappa shape index (κ2) is 5.53. The van der Waals surface area contributed by atoms with Crippen LogP contribution in [-0.2, 0) is 6.18 Å². The molecule has 17 heavy (non-hydrogen) atoms. The maximum Gasteiger partial charge on any atom is 0.433 e.